The molecule has 8 heteroatoms. The van der Waals surface area contributed by atoms with Crippen LogP contribution in [0.2, 0.25) is 0 Å². The van der Waals surface area contributed by atoms with Crippen LogP contribution < -0.4 is 10.2 Å². The number of morpholine rings is 1. The van der Waals surface area contributed by atoms with E-state index in [9.17, 15) is 14.7 Å². The van der Waals surface area contributed by atoms with Gasteiger partial charge in [-0.15, -0.1) is 0 Å². The molecule has 3 amide bonds. The first-order valence-corrected chi connectivity index (χ1v) is 11.4. The lowest BCUT2D eigenvalue weighted by Gasteiger charge is -2.40. The maximum Gasteiger partial charge on any atom is 0.322 e. The minimum Gasteiger partial charge on any atom is -0.396 e. The highest BCUT2D eigenvalue weighted by atomic mass is 16.5. The number of urea groups is 1. The minimum atomic E-state index is -0.385. The van der Waals surface area contributed by atoms with E-state index in [-0.39, 0.29) is 42.1 Å². The summed E-state index contributed by atoms with van der Waals surface area (Å²) in [5, 5.41) is 12.9. The fourth-order valence-electron chi connectivity index (χ4n) is 6.09. The van der Waals surface area contributed by atoms with Crippen LogP contribution in [0.4, 0.5) is 10.5 Å². The molecule has 4 heterocycles. The highest BCUT2D eigenvalue weighted by molar-refractivity contribution is 5.99. The van der Waals surface area contributed by atoms with Crippen LogP contribution >= 0.6 is 0 Å². The molecule has 168 valence electrons. The molecular weight excluding hydrogens is 396 g/mol. The SMILES string of the molecule is CCCN1C[C@@H]2[C@H](CO)[C@H]3CN(C(=O)c4ccc(C)c(N5CCNC5=O)c4)C[C@]2(C1)O3. The number of hydrogen-bond acceptors (Lipinski definition) is 5. The lowest BCUT2D eigenvalue weighted by atomic mass is 9.83. The summed E-state index contributed by atoms with van der Waals surface area (Å²) in [5.74, 6) is 0.301. The number of anilines is 1. The molecule has 0 aromatic heterocycles. The Morgan fingerprint density at radius 3 is 2.87 bits per heavy atom. The van der Waals surface area contributed by atoms with Crippen molar-refractivity contribution >= 4 is 17.6 Å². The average Bonchev–Trinajstić information content (AvgIpc) is 3.37. The number of nitrogens with one attached hydrogen (secondary N) is 1. The van der Waals surface area contributed by atoms with E-state index >= 15 is 0 Å². The molecule has 4 aliphatic rings. The topological polar surface area (TPSA) is 85.4 Å². The van der Waals surface area contributed by atoms with Gasteiger partial charge in [-0.05, 0) is 37.6 Å². The third-order valence-corrected chi connectivity index (χ3v) is 7.50. The zero-order valence-corrected chi connectivity index (χ0v) is 18.3. The van der Waals surface area contributed by atoms with E-state index in [1.54, 1.807) is 4.90 Å². The summed E-state index contributed by atoms with van der Waals surface area (Å²) in [6.45, 7) is 9.25. The number of hydrogen-bond donors (Lipinski definition) is 2. The van der Waals surface area contributed by atoms with Crippen molar-refractivity contribution in [2.24, 2.45) is 11.8 Å². The second-order valence-corrected chi connectivity index (χ2v) is 9.48. The van der Waals surface area contributed by atoms with E-state index in [0.29, 0.717) is 31.7 Å². The molecule has 0 aliphatic carbocycles. The molecule has 4 saturated heterocycles. The van der Waals surface area contributed by atoms with E-state index in [0.717, 1.165) is 37.3 Å². The number of ether oxygens (including phenoxy) is 1. The van der Waals surface area contributed by atoms with Crippen LogP contribution in [0.1, 0.15) is 29.3 Å². The van der Waals surface area contributed by atoms with Crippen LogP contribution in [0, 0.1) is 18.8 Å². The van der Waals surface area contributed by atoms with Gasteiger partial charge >= 0.3 is 6.03 Å². The lowest BCUT2D eigenvalue weighted by Crippen LogP contribution is -2.55. The van der Waals surface area contributed by atoms with Gasteiger partial charge in [0.2, 0.25) is 0 Å². The Hall–Kier alpha value is -2.16. The van der Waals surface area contributed by atoms with E-state index in [2.05, 4.69) is 17.1 Å². The van der Waals surface area contributed by atoms with Gasteiger partial charge in [-0.2, -0.15) is 0 Å². The highest BCUT2D eigenvalue weighted by Gasteiger charge is 2.62. The molecule has 5 rings (SSSR count). The van der Waals surface area contributed by atoms with Gasteiger partial charge in [-0.3, -0.25) is 14.6 Å². The number of aliphatic hydroxyl groups is 1. The van der Waals surface area contributed by atoms with Gasteiger partial charge < -0.3 is 20.1 Å². The van der Waals surface area contributed by atoms with Crippen molar-refractivity contribution in [3.63, 3.8) is 0 Å². The van der Waals surface area contributed by atoms with E-state index in [1.165, 1.54) is 0 Å². The monoisotopic (exact) mass is 428 g/mol. The van der Waals surface area contributed by atoms with Crippen LogP contribution in [0.25, 0.3) is 0 Å². The smallest absolute Gasteiger partial charge is 0.322 e. The van der Waals surface area contributed by atoms with Crippen molar-refractivity contribution in [3.8, 4) is 0 Å². The van der Waals surface area contributed by atoms with Crippen LogP contribution in [-0.2, 0) is 4.74 Å². The van der Waals surface area contributed by atoms with Crippen LogP contribution in [-0.4, -0.2) is 91.0 Å². The normalized spacial score (nSPS) is 32.5. The summed E-state index contributed by atoms with van der Waals surface area (Å²) in [4.78, 5) is 31.7. The molecule has 4 atom stereocenters. The first kappa shape index (κ1) is 20.7. The van der Waals surface area contributed by atoms with E-state index < -0.39 is 0 Å². The molecule has 4 aliphatic heterocycles. The Kier molecular flexibility index (Phi) is 5.19. The molecule has 0 radical (unpaired) electrons. The summed E-state index contributed by atoms with van der Waals surface area (Å²) < 4.78 is 6.49. The molecule has 4 fully saturated rings. The minimum absolute atomic E-state index is 0.0280. The Balaban J connectivity index is 1.40. The quantitative estimate of drug-likeness (QED) is 0.733. The maximum absolute atomic E-state index is 13.5. The second kappa shape index (κ2) is 7.76. The van der Waals surface area contributed by atoms with Crippen LogP contribution in [0.5, 0.6) is 0 Å². The van der Waals surface area contributed by atoms with Gasteiger partial charge in [0.05, 0.1) is 12.6 Å². The molecule has 2 bridgehead atoms. The second-order valence-electron chi connectivity index (χ2n) is 9.48. The fraction of sp³-hybridized carbons (Fsp3) is 0.652. The van der Waals surface area contributed by atoms with Gasteiger partial charge in [0.25, 0.3) is 5.91 Å². The number of amides is 3. The molecule has 8 nitrogen and oxygen atoms in total. The van der Waals surface area contributed by atoms with Crippen molar-refractivity contribution in [2.45, 2.75) is 32.0 Å². The Morgan fingerprint density at radius 1 is 1.32 bits per heavy atom. The first-order chi connectivity index (χ1) is 15.0. The standard InChI is InChI=1S/C23H32N4O4/c1-3-7-25-10-18-17(12-28)20-11-26(14-23(18,13-25)31-20)21(29)16-5-4-15(2)19(9-16)27-8-6-24-22(27)30/h4-5,9,17-18,20,28H,3,6-8,10-14H2,1-2H3,(H,24,30)/t17-,18+,20+,23-/m0/s1. The van der Waals surface area contributed by atoms with Crippen molar-refractivity contribution in [3.05, 3.63) is 29.3 Å². The average molecular weight is 429 g/mol. The van der Waals surface area contributed by atoms with Crippen molar-refractivity contribution in [1.82, 2.24) is 15.1 Å². The third-order valence-electron chi connectivity index (χ3n) is 7.50. The zero-order valence-electron chi connectivity index (χ0n) is 18.3. The van der Waals surface area contributed by atoms with Crippen molar-refractivity contribution in [1.29, 1.82) is 0 Å². The highest BCUT2D eigenvalue weighted by Crippen LogP contribution is 2.49. The van der Waals surface area contributed by atoms with Crippen molar-refractivity contribution < 1.29 is 19.4 Å². The van der Waals surface area contributed by atoms with E-state index in [1.807, 2.05) is 30.0 Å². The number of aryl methyl sites for hydroxylation is 1. The molecule has 0 unspecified atom stereocenters. The number of carbonyl (C=O) groups excluding carboxylic acids is 2. The van der Waals surface area contributed by atoms with Gasteiger partial charge in [-0.1, -0.05) is 13.0 Å². The number of aliphatic hydroxyl groups excluding tert-OH is 1. The summed E-state index contributed by atoms with van der Waals surface area (Å²) in [7, 11) is 0. The van der Waals surface area contributed by atoms with Crippen LogP contribution in [0.3, 0.4) is 0 Å². The number of nitrogens with zero attached hydrogens (tertiary/aromatic N) is 3. The first-order valence-electron chi connectivity index (χ1n) is 11.4. The molecule has 2 N–H and O–H groups in total. The summed E-state index contributed by atoms with van der Waals surface area (Å²) in [6, 6.07) is 5.49. The predicted octanol–water partition coefficient (Wildman–Crippen LogP) is 1.07. The summed E-state index contributed by atoms with van der Waals surface area (Å²) >= 11 is 0. The van der Waals surface area contributed by atoms with Crippen molar-refractivity contribution in [2.75, 3.05) is 57.3 Å². The Morgan fingerprint density at radius 2 is 2.16 bits per heavy atom. The Labute approximate surface area is 183 Å². The zero-order chi connectivity index (χ0) is 21.8. The molecule has 1 aromatic rings. The number of likely N-dealkylation sites (tertiary alicyclic amines) is 2. The number of fused-ring (bicyclic) bond motifs is 1. The number of rotatable bonds is 5. The molecule has 1 spiro atoms. The van der Waals surface area contributed by atoms with E-state index in [4.69, 9.17) is 4.74 Å². The lowest BCUT2D eigenvalue weighted by molar-refractivity contribution is -0.107. The van der Waals surface area contributed by atoms with Gasteiger partial charge in [0.15, 0.2) is 0 Å². The Bertz CT molecular complexity index is 892. The summed E-state index contributed by atoms with van der Waals surface area (Å²) in [6.07, 6.45) is 0.959. The molecule has 0 saturated carbocycles. The van der Waals surface area contributed by atoms with Crippen LogP contribution in [0.15, 0.2) is 18.2 Å². The predicted molar refractivity (Wildman–Crippen MR) is 116 cm³/mol. The molecule has 31 heavy (non-hydrogen) atoms. The molecule has 1 aromatic carbocycles. The molecular formula is C23H32N4O4. The maximum atomic E-state index is 13.5. The fourth-order valence-corrected chi connectivity index (χ4v) is 6.09. The third kappa shape index (κ3) is 3.32. The van der Waals surface area contributed by atoms with Gasteiger partial charge in [-0.25, -0.2) is 4.79 Å². The summed E-state index contributed by atoms with van der Waals surface area (Å²) in [5.41, 5.74) is 1.97. The van der Waals surface area contributed by atoms with Gasteiger partial charge in [0.1, 0.15) is 5.60 Å². The van der Waals surface area contributed by atoms with Gasteiger partial charge in [0, 0.05) is 62.4 Å². The number of benzene rings is 1. The largest absolute Gasteiger partial charge is 0.396 e. The number of carbonyl (C=O) groups is 2.